The summed E-state index contributed by atoms with van der Waals surface area (Å²) in [6.45, 7) is 1.68. The third kappa shape index (κ3) is 3.26. The second-order valence-electron chi connectivity index (χ2n) is 7.05. The lowest BCUT2D eigenvalue weighted by Crippen LogP contribution is -2.38. The predicted molar refractivity (Wildman–Crippen MR) is 104 cm³/mol. The van der Waals surface area contributed by atoms with Crippen LogP contribution in [-0.2, 0) is 10.2 Å². The first-order valence-corrected chi connectivity index (χ1v) is 9.50. The number of benzene rings is 2. The Labute approximate surface area is 166 Å². The molecule has 1 aliphatic carbocycles. The van der Waals surface area contributed by atoms with Crippen molar-refractivity contribution in [1.29, 1.82) is 0 Å². The number of anilines is 1. The lowest BCUT2D eigenvalue weighted by molar-refractivity contribution is -0.121. The summed E-state index contributed by atoms with van der Waals surface area (Å²) < 4.78 is 15.6. The zero-order chi connectivity index (χ0) is 19.7. The van der Waals surface area contributed by atoms with Crippen molar-refractivity contribution >= 4 is 23.2 Å². The molecule has 4 rings (SSSR count). The number of carbonyl (C=O) groups excluding carboxylic acids is 1. The molecular weight excluding hydrogens is 381 g/mol. The summed E-state index contributed by atoms with van der Waals surface area (Å²) in [6, 6.07) is 11.8. The smallest absolute Gasteiger partial charge is 0.235 e. The minimum absolute atomic E-state index is 0.0988. The molecule has 1 fully saturated rings. The van der Waals surface area contributed by atoms with Crippen LogP contribution < -0.4 is 5.32 Å². The number of tetrazole rings is 1. The Kier molecular flexibility index (Phi) is 4.85. The number of amides is 1. The summed E-state index contributed by atoms with van der Waals surface area (Å²) in [5, 5.41) is 14.7. The van der Waals surface area contributed by atoms with Gasteiger partial charge in [0.05, 0.1) is 5.41 Å². The molecule has 0 bridgehead atoms. The van der Waals surface area contributed by atoms with Gasteiger partial charge in [0, 0.05) is 10.7 Å². The standard InChI is InChI=1S/C20H19ClFN5O/c1-13-24-25-26-27(13)18-12-16(8-9-17(18)22)23-19(28)20(10-2-3-11-20)14-4-6-15(21)7-5-14/h4-9,12H,2-3,10-11H2,1H3,(H,23,28). The molecule has 0 aliphatic heterocycles. The number of hydrogen-bond donors (Lipinski definition) is 1. The fourth-order valence-corrected chi connectivity index (χ4v) is 3.98. The molecule has 144 valence electrons. The number of halogens is 2. The third-order valence-corrected chi connectivity index (χ3v) is 5.60. The van der Waals surface area contributed by atoms with Crippen molar-refractivity contribution in [3.8, 4) is 5.69 Å². The zero-order valence-electron chi connectivity index (χ0n) is 15.3. The highest BCUT2D eigenvalue weighted by Crippen LogP contribution is 2.42. The van der Waals surface area contributed by atoms with Crippen molar-refractivity contribution in [3.05, 3.63) is 64.7 Å². The van der Waals surface area contributed by atoms with E-state index in [9.17, 15) is 9.18 Å². The van der Waals surface area contributed by atoms with Crippen LogP contribution in [0.4, 0.5) is 10.1 Å². The first kappa shape index (κ1) is 18.6. The van der Waals surface area contributed by atoms with Crippen molar-refractivity contribution in [2.24, 2.45) is 0 Å². The van der Waals surface area contributed by atoms with Gasteiger partial charge in [-0.15, -0.1) is 5.10 Å². The fraction of sp³-hybridized carbons (Fsp3) is 0.300. The van der Waals surface area contributed by atoms with Crippen LogP contribution in [0.15, 0.2) is 42.5 Å². The first-order chi connectivity index (χ1) is 13.5. The highest BCUT2D eigenvalue weighted by atomic mass is 35.5. The summed E-state index contributed by atoms with van der Waals surface area (Å²) in [4.78, 5) is 13.3. The first-order valence-electron chi connectivity index (χ1n) is 9.12. The number of rotatable bonds is 4. The monoisotopic (exact) mass is 399 g/mol. The molecule has 0 radical (unpaired) electrons. The summed E-state index contributed by atoms with van der Waals surface area (Å²) in [7, 11) is 0. The van der Waals surface area contributed by atoms with E-state index in [2.05, 4.69) is 20.8 Å². The van der Waals surface area contributed by atoms with Crippen molar-refractivity contribution in [2.45, 2.75) is 38.0 Å². The Morgan fingerprint density at radius 1 is 1.18 bits per heavy atom. The van der Waals surface area contributed by atoms with Crippen LogP contribution in [0.25, 0.3) is 5.69 Å². The Bertz CT molecular complexity index is 1010. The van der Waals surface area contributed by atoms with Crippen molar-refractivity contribution < 1.29 is 9.18 Å². The summed E-state index contributed by atoms with van der Waals surface area (Å²) in [6.07, 6.45) is 3.49. The number of nitrogens with one attached hydrogen (secondary N) is 1. The van der Waals surface area contributed by atoms with Crippen LogP contribution in [0.2, 0.25) is 5.02 Å². The molecule has 6 nitrogen and oxygen atoms in total. The van der Waals surface area contributed by atoms with E-state index in [1.807, 2.05) is 12.1 Å². The Morgan fingerprint density at radius 3 is 2.54 bits per heavy atom. The number of hydrogen-bond acceptors (Lipinski definition) is 4. The van der Waals surface area contributed by atoms with Gasteiger partial charge in [-0.05, 0) is 66.1 Å². The van der Waals surface area contributed by atoms with Crippen LogP contribution in [0.3, 0.4) is 0 Å². The molecule has 0 atom stereocenters. The largest absolute Gasteiger partial charge is 0.325 e. The molecule has 2 aromatic carbocycles. The highest BCUT2D eigenvalue weighted by molar-refractivity contribution is 6.30. The minimum atomic E-state index is -0.607. The number of aryl methyl sites for hydroxylation is 1. The molecule has 1 aliphatic rings. The van der Waals surface area contributed by atoms with E-state index < -0.39 is 11.2 Å². The van der Waals surface area contributed by atoms with Crippen LogP contribution in [-0.4, -0.2) is 26.1 Å². The molecule has 1 saturated carbocycles. The second kappa shape index (κ2) is 7.31. The summed E-state index contributed by atoms with van der Waals surface area (Å²) >= 11 is 6.01. The lowest BCUT2D eigenvalue weighted by atomic mass is 9.78. The Balaban J connectivity index is 1.65. The van der Waals surface area contributed by atoms with E-state index in [0.29, 0.717) is 16.5 Å². The van der Waals surface area contributed by atoms with E-state index in [1.165, 1.54) is 10.7 Å². The molecular formula is C20H19ClFN5O. The molecule has 1 amide bonds. The van der Waals surface area contributed by atoms with Crippen LogP contribution in [0.5, 0.6) is 0 Å². The Morgan fingerprint density at radius 2 is 1.89 bits per heavy atom. The molecule has 1 N–H and O–H groups in total. The van der Waals surface area contributed by atoms with Gasteiger partial charge in [-0.2, -0.15) is 4.68 Å². The van der Waals surface area contributed by atoms with Gasteiger partial charge in [-0.3, -0.25) is 4.79 Å². The molecule has 0 unspecified atom stereocenters. The third-order valence-electron chi connectivity index (χ3n) is 5.35. The van der Waals surface area contributed by atoms with Gasteiger partial charge in [0.2, 0.25) is 5.91 Å². The number of aromatic nitrogens is 4. The minimum Gasteiger partial charge on any atom is -0.325 e. The summed E-state index contributed by atoms with van der Waals surface area (Å²) in [5.74, 6) is -0.115. The average Bonchev–Trinajstić information content (AvgIpc) is 3.34. The molecule has 0 spiro atoms. The van der Waals surface area contributed by atoms with Gasteiger partial charge in [0.15, 0.2) is 5.82 Å². The highest BCUT2D eigenvalue weighted by Gasteiger charge is 2.42. The van der Waals surface area contributed by atoms with Gasteiger partial charge in [0.1, 0.15) is 11.5 Å². The molecule has 3 aromatic rings. The molecule has 1 aromatic heterocycles. The second-order valence-corrected chi connectivity index (χ2v) is 7.49. The molecule has 1 heterocycles. The van der Waals surface area contributed by atoms with Crippen LogP contribution in [0.1, 0.15) is 37.1 Å². The van der Waals surface area contributed by atoms with Crippen molar-refractivity contribution in [1.82, 2.24) is 20.2 Å². The van der Waals surface area contributed by atoms with E-state index in [1.54, 1.807) is 31.2 Å². The maximum Gasteiger partial charge on any atom is 0.235 e. The van der Waals surface area contributed by atoms with Crippen LogP contribution >= 0.6 is 11.6 Å². The Hall–Kier alpha value is -2.80. The number of nitrogens with zero attached hydrogens (tertiary/aromatic N) is 4. The van der Waals surface area contributed by atoms with Gasteiger partial charge < -0.3 is 5.32 Å². The normalized spacial score (nSPS) is 15.5. The molecule has 28 heavy (non-hydrogen) atoms. The maximum atomic E-state index is 14.3. The molecule has 0 saturated heterocycles. The van der Waals surface area contributed by atoms with E-state index >= 15 is 0 Å². The van der Waals surface area contributed by atoms with Gasteiger partial charge >= 0.3 is 0 Å². The SMILES string of the molecule is Cc1nnnn1-c1cc(NC(=O)C2(c3ccc(Cl)cc3)CCCC2)ccc1F. The predicted octanol–water partition coefficient (Wildman–Crippen LogP) is 4.21. The van der Waals surface area contributed by atoms with Crippen LogP contribution in [0, 0.1) is 12.7 Å². The fourth-order valence-electron chi connectivity index (χ4n) is 3.85. The van der Waals surface area contributed by atoms with E-state index in [0.717, 1.165) is 31.2 Å². The van der Waals surface area contributed by atoms with Crippen molar-refractivity contribution in [2.75, 3.05) is 5.32 Å². The lowest BCUT2D eigenvalue weighted by Gasteiger charge is -2.28. The van der Waals surface area contributed by atoms with E-state index in [4.69, 9.17) is 11.6 Å². The topological polar surface area (TPSA) is 72.7 Å². The van der Waals surface area contributed by atoms with E-state index in [-0.39, 0.29) is 11.6 Å². The number of carbonyl (C=O) groups is 1. The molecule has 8 heteroatoms. The maximum absolute atomic E-state index is 14.3. The zero-order valence-corrected chi connectivity index (χ0v) is 16.1. The van der Waals surface area contributed by atoms with Gasteiger partial charge in [-0.1, -0.05) is 36.6 Å². The average molecular weight is 400 g/mol. The quantitative estimate of drug-likeness (QED) is 0.713. The van der Waals surface area contributed by atoms with Gasteiger partial charge in [-0.25, -0.2) is 4.39 Å². The summed E-state index contributed by atoms with van der Waals surface area (Å²) in [5.41, 5.74) is 1.03. The van der Waals surface area contributed by atoms with Gasteiger partial charge in [0.25, 0.3) is 0 Å². The van der Waals surface area contributed by atoms with Crippen molar-refractivity contribution in [3.63, 3.8) is 0 Å².